The first-order valence-electron chi connectivity index (χ1n) is 14.2. The zero-order chi connectivity index (χ0) is 27.6. The minimum atomic E-state index is -3.02. The van der Waals surface area contributed by atoms with Gasteiger partial charge in [-0.3, -0.25) is 0 Å². The summed E-state index contributed by atoms with van der Waals surface area (Å²) in [4.78, 5) is 0. The molecule has 8 unspecified atom stereocenters. The van der Waals surface area contributed by atoms with Gasteiger partial charge in [0.25, 0.3) is 0 Å². The Hall–Kier alpha value is 2.59. The second-order valence-corrected chi connectivity index (χ2v) is 28.2. The molecule has 2 bridgehead atoms. The Labute approximate surface area is 269 Å². The average Bonchev–Trinajstić information content (AvgIpc) is 3.54. The molecule has 0 N–H and O–H groups in total. The third-order valence-electron chi connectivity index (χ3n) is 8.53. The number of halogens is 2. The Kier molecular flexibility index (Phi) is 19.4. The van der Waals surface area contributed by atoms with Crippen LogP contribution >= 0.6 is 51.7 Å². The van der Waals surface area contributed by atoms with Crippen LogP contribution in [0.2, 0.25) is 11.1 Å². The van der Waals surface area contributed by atoms with E-state index in [4.69, 9.17) is 26.6 Å². The summed E-state index contributed by atoms with van der Waals surface area (Å²) in [5.41, 5.74) is 0.345. The van der Waals surface area contributed by atoms with E-state index in [-0.39, 0.29) is 18.5 Å². The molecule has 227 valence electrons. The Morgan fingerprint density at radius 1 is 0.658 bits per heavy atom. The van der Waals surface area contributed by atoms with Gasteiger partial charge in [0.1, 0.15) is 0 Å². The van der Waals surface area contributed by atoms with Gasteiger partial charge in [-0.25, -0.2) is 0 Å². The molecular weight excluding hydrogens is 801 g/mol. The van der Waals surface area contributed by atoms with Crippen molar-refractivity contribution in [2.75, 3.05) is 45.9 Å². The first-order chi connectivity index (χ1) is 17.9. The molecule has 3 saturated carbocycles. The van der Waals surface area contributed by atoms with Crippen LogP contribution in [0, 0.1) is 29.6 Å². The summed E-state index contributed by atoms with van der Waals surface area (Å²) < 4.78 is 39.7. The molecule has 8 atom stereocenters. The molecule has 0 saturated heterocycles. The van der Waals surface area contributed by atoms with Crippen LogP contribution < -0.4 is 0 Å². The molecule has 0 aromatic heterocycles. The Morgan fingerprint density at radius 2 is 1.03 bits per heavy atom. The summed E-state index contributed by atoms with van der Waals surface area (Å²) in [7, 11) is -5.41. The van der Waals surface area contributed by atoms with Crippen molar-refractivity contribution in [3.05, 3.63) is 0 Å². The van der Waals surface area contributed by atoms with Gasteiger partial charge in [-0.15, -0.1) is 0 Å². The molecule has 0 aromatic carbocycles. The van der Waals surface area contributed by atoms with Gasteiger partial charge in [-0.2, -0.15) is 11.8 Å². The standard InChI is InChI=1S/C25H50O6SSi2.CH4.2HI.V/c1-9-18-22(32-8)17-19-20-16-21(23(18)19)25(34(29-13-5,30-14-6)31-15-7)24(20)33(26-10-2,27-11-3)28-12-4;;;;/h18-25H,9-17H2,1-8H3;1H4;2*1H;/q;;;;+2/p-2. The first-order valence-corrected chi connectivity index (χ1v) is 28.1. The summed E-state index contributed by atoms with van der Waals surface area (Å²) in [5, 5.41) is 0.731. The van der Waals surface area contributed by atoms with Crippen LogP contribution in [0.5, 0.6) is 0 Å². The summed E-state index contributed by atoms with van der Waals surface area (Å²) in [6.45, 7) is 18.3. The summed E-state index contributed by atoms with van der Waals surface area (Å²) in [6.07, 6.45) is 6.04. The molecule has 3 fully saturated rings. The first kappa shape index (κ1) is 38.6. The van der Waals surface area contributed by atoms with E-state index in [1.54, 1.807) is 0 Å². The van der Waals surface area contributed by atoms with Gasteiger partial charge in [-0.05, 0) is 90.2 Å². The van der Waals surface area contributed by atoms with E-state index in [9.17, 15) is 0 Å². The van der Waals surface area contributed by atoms with E-state index in [2.05, 4.69) is 106 Å². The van der Waals surface area contributed by atoms with Crippen molar-refractivity contribution < 1.29 is 36.0 Å². The van der Waals surface area contributed by atoms with E-state index in [1.807, 2.05) is 0 Å². The van der Waals surface area contributed by atoms with E-state index >= 15 is 0 Å². The van der Waals surface area contributed by atoms with Gasteiger partial charge in [0.15, 0.2) is 0 Å². The Balaban J connectivity index is 0.00000172. The van der Waals surface area contributed by atoms with Gasteiger partial charge in [-0.1, -0.05) is 20.8 Å². The zero-order valence-corrected chi connectivity index (χ0v) is 32.6. The molecular formula is C26H54I2O6SSi2V. The molecule has 3 rings (SSSR count). The molecule has 3 aliphatic rings. The van der Waals surface area contributed by atoms with Crippen molar-refractivity contribution >= 4 is 69.3 Å². The maximum absolute atomic E-state index is 6.62. The maximum atomic E-state index is 6.62. The predicted octanol–water partition coefficient (Wildman–Crippen LogP) is 8.27. The summed E-state index contributed by atoms with van der Waals surface area (Å²) in [5.74, 6) is 3.21. The fourth-order valence-electron chi connectivity index (χ4n) is 8.04. The normalized spacial score (nSPS) is 31.9. The van der Waals surface area contributed by atoms with Gasteiger partial charge in [0.05, 0.1) is 0 Å². The monoisotopic (exact) mass is 855 g/mol. The number of hydrogen-bond acceptors (Lipinski definition) is 7. The molecule has 0 radical (unpaired) electrons. The predicted molar refractivity (Wildman–Crippen MR) is 178 cm³/mol. The van der Waals surface area contributed by atoms with Crippen molar-refractivity contribution in [2.45, 2.75) is 91.5 Å². The molecule has 0 amide bonds. The molecule has 0 heterocycles. The topological polar surface area (TPSA) is 55.4 Å². The summed E-state index contributed by atoms with van der Waals surface area (Å²) in [6, 6.07) is 0. The van der Waals surface area contributed by atoms with Crippen LogP contribution in [0.1, 0.15) is 75.2 Å². The van der Waals surface area contributed by atoms with Crippen LogP contribution in [-0.4, -0.2) is 68.8 Å². The van der Waals surface area contributed by atoms with Crippen molar-refractivity contribution in [3.63, 3.8) is 0 Å². The van der Waals surface area contributed by atoms with Gasteiger partial charge < -0.3 is 26.6 Å². The molecule has 38 heavy (non-hydrogen) atoms. The molecule has 0 spiro atoms. The number of rotatable bonds is 16. The molecule has 0 aliphatic heterocycles. The Morgan fingerprint density at radius 3 is 1.34 bits per heavy atom. The third kappa shape index (κ3) is 7.99. The Bertz CT molecular complexity index is 627. The van der Waals surface area contributed by atoms with E-state index in [0.29, 0.717) is 72.8 Å². The quantitative estimate of drug-likeness (QED) is 0.115. The van der Waals surface area contributed by atoms with E-state index in [0.717, 1.165) is 11.2 Å². The van der Waals surface area contributed by atoms with Crippen molar-refractivity contribution in [1.82, 2.24) is 0 Å². The van der Waals surface area contributed by atoms with Crippen LogP contribution in [0.15, 0.2) is 0 Å². The van der Waals surface area contributed by atoms with Gasteiger partial charge in [0.2, 0.25) is 0 Å². The molecule has 0 aromatic rings. The number of thioether (sulfide) groups is 1. The third-order valence-corrected chi connectivity index (χ3v) is 17.4. The molecule has 6 nitrogen and oxygen atoms in total. The molecule has 12 heteroatoms. The second-order valence-electron chi connectivity index (χ2n) is 9.81. The minimum absolute atomic E-state index is 0. The van der Waals surface area contributed by atoms with Crippen molar-refractivity contribution in [2.24, 2.45) is 29.6 Å². The molecule has 3 aliphatic carbocycles. The fourth-order valence-corrected chi connectivity index (χ4v) is 17.6. The zero-order valence-electron chi connectivity index (χ0n) is 24.0. The van der Waals surface area contributed by atoms with Crippen LogP contribution in [0.4, 0.5) is 0 Å². The van der Waals surface area contributed by atoms with Gasteiger partial charge in [0, 0.05) is 56.0 Å². The van der Waals surface area contributed by atoms with Crippen molar-refractivity contribution in [1.29, 1.82) is 0 Å². The van der Waals surface area contributed by atoms with Crippen molar-refractivity contribution in [3.8, 4) is 0 Å². The number of hydrogen-bond donors (Lipinski definition) is 0. The van der Waals surface area contributed by atoms with Gasteiger partial charge >= 0.3 is 67.0 Å². The van der Waals surface area contributed by atoms with Crippen LogP contribution in [-0.2, 0) is 36.0 Å². The SMILES string of the molecule is C.CCO[Si](OCC)(OCC)C1C2CC(C3C(CC)C(SC)CC23)C1[Si](OCC)(OCC)OCC.[I][V][I]. The second kappa shape index (κ2) is 19.1. The average molecular weight is 856 g/mol. The fraction of sp³-hybridized carbons (Fsp3) is 1.00. The summed E-state index contributed by atoms with van der Waals surface area (Å²) >= 11 is 6.81. The number of fused-ring (bicyclic) bond motifs is 5. The van der Waals surface area contributed by atoms with E-state index in [1.165, 1.54) is 19.3 Å². The van der Waals surface area contributed by atoms with Crippen LogP contribution in [0.3, 0.4) is 0 Å². The van der Waals surface area contributed by atoms with Crippen LogP contribution in [0.25, 0.3) is 0 Å². The van der Waals surface area contributed by atoms with E-state index < -0.39 is 17.6 Å².